The zero-order valence-corrected chi connectivity index (χ0v) is 19.1. The van der Waals surface area contributed by atoms with Gasteiger partial charge in [-0.2, -0.15) is 0 Å². The summed E-state index contributed by atoms with van der Waals surface area (Å²) >= 11 is 1.21. The number of anilines is 1. The molecule has 1 aliphatic rings. The number of aromatic nitrogens is 4. The number of hydrogen-bond acceptors (Lipinski definition) is 14. The molecule has 0 radical (unpaired) electrons. The van der Waals surface area contributed by atoms with Crippen molar-refractivity contribution in [1.29, 1.82) is 0 Å². The summed E-state index contributed by atoms with van der Waals surface area (Å²) < 4.78 is 35.0. The molecule has 14 nitrogen and oxygen atoms in total. The molecule has 0 aliphatic carbocycles. The number of imidazole rings is 1. The largest absolute Gasteiger partial charge is 0.810 e. The lowest BCUT2D eigenvalue weighted by molar-refractivity contribution is -0.319. The highest BCUT2D eigenvalue weighted by Gasteiger charge is 2.46. The van der Waals surface area contributed by atoms with Crippen LogP contribution in [0.4, 0.5) is 5.82 Å². The highest BCUT2D eigenvalue weighted by molar-refractivity contribution is 7.98. The molecule has 2 aromatic rings. The number of aliphatic hydroxyl groups is 2. The number of ether oxygens (including phenoxy) is 1. The van der Waals surface area contributed by atoms with Gasteiger partial charge in [-0.25, -0.2) is 15.0 Å². The Morgan fingerprint density at radius 1 is 1.29 bits per heavy atom. The molecule has 2 aromatic heterocycles. The molecule has 5 atom stereocenters. The van der Waals surface area contributed by atoms with Crippen LogP contribution in [-0.4, -0.2) is 65.8 Å². The molecule has 174 valence electrons. The number of thioether (sulfide) groups is 1. The van der Waals surface area contributed by atoms with Gasteiger partial charge in [-0.1, -0.05) is 19.4 Å². The Bertz CT molecular complexity index is 1080. The Kier molecular flexibility index (Phi) is 6.60. The number of aliphatic hydroxyl groups excluding tert-OH is 2. The number of nitrogen functional groups attached to an aromatic ring is 1. The second-order valence-electron chi connectivity index (χ2n) is 7.25. The Hall–Kier alpha value is -1.12. The van der Waals surface area contributed by atoms with Crippen LogP contribution in [0.25, 0.3) is 11.2 Å². The quantitative estimate of drug-likeness (QED) is 0.213. The molecule has 4 N–H and O–H groups in total. The molecule has 1 fully saturated rings. The Morgan fingerprint density at radius 2 is 1.94 bits per heavy atom. The highest BCUT2D eigenvalue weighted by atomic mass is 32.2. The Labute approximate surface area is 180 Å². The van der Waals surface area contributed by atoms with E-state index in [2.05, 4.69) is 15.0 Å². The van der Waals surface area contributed by atoms with Crippen molar-refractivity contribution in [3.8, 4) is 0 Å². The van der Waals surface area contributed by atoms with Crippen LogP contribution < -0.4 is 20.4 Å². The standard InChI is InChI=1S/C14H23N5O9P2S/c1-14(2,29(22,23)24)30(25,26)27-4-6-8(20)9(21)12(28-6)19-5-16-7-10(15)17-13(31-3)18-11(7)19/h5-6,8-9,12,20-21H,4H2,1-3H3,(H,25,26)(H2,15,17,18)(H2,22,23,24)/p-3. The van der Waals surface area contributed by atoms with Gasteiger partial charge in [0.05, 0.1) is 17.8 Å². The average molecular weight is 496 g/mol. The van der Waals surface area contributed by atoms with Crippen LogP contribution in [0.2, 0.25) is 0 Å². The van der Waals surface area contributed by atoms with Crippen molar-refractivity contribution in [2.75, 3.05) is 18.6 Å². The summed E-state index contributed by atoms with van der Waals surface area (Å²) in [5, 5.41) is 21.0. The molecule has 0 saturated carbocycles. The highest BCUT2D eigenvalue weighted by Crippen LogP contribution is 2.65. The van der Waals surface area contributed by atoms with Crippen LogP contribution in [0.15, 0.2) is 11.5 Å². The van der Waals surface area contributed by atoms with E-state index in [9.17, 15) is 34.0 Å². The molecule has 3 rings (SSSR count). The van der Waals surface area contributed by atoms with E-state index >= 15 is 0 Å². The summed E-state index contributed by atoms with van der Waals surface area (Å²) in [6.07, 6.45) is -2.75. The van der Waals surface area contributed by atoms with Crippen molar-refractivity contribution in [2.45, 2.75) is 48.4 Å². The first-order valence-electron chi connectivity index (χ1n) is 8.74. The van der Waals surface area contributed by atoms with Gasteiger partial charge in [-0.05, 0) is 20.1 Å². The minimum Gasteiger partial charge on any atom is -0.810 e. The molecule has 0 spiro atoms. The number of nitrogens with zero attached hydrogens (tertiary/aromatic N) is 4. The maximum absolute atomic E-state index is 12.2. The number of hydrogen-bond donors (Lipinski definition) is 3. The smallest absolute Gasteiger partial charge is 0.191 e. The lowest BCUT2D eigenvalue weighted by Crippen LogP contribution is -2.39. The second-order valence-corrected chi connectivity index (χ2v) is 12.9. The number of fused-ring (bicyclic) bond motifs is 1. The molecule has 0 bridgehead atoms. The van der Waals surface area contributed by atoms with E-state index < -0.39 is 51.2 Å². The Morgan fingerprint density at radius 3 is 2.52 bits per heavy atom. The number of nitrogens with two attached hydrogens (primary N) is 1. The molecular weight excluding hydrogens is 476 g/mol. The van der Waals surface area contributed by atoms with Crippen LogP contribution in [0.5, 0.6) is 0 Å². The minimum atomic E-state index is -5.56. The monoisotopic (exact) mass is 496 g/mol. The van der Waals surface area contributed by atoms with Crippen molar-refractivity contribution < 1.29 is 43.3 Å². The number of rotatable bonds is 7. The summed E-state index contributed by atoms with van der Waals surface area (Å²) in [5.74, 6) is 0.0928. The molecule has 0 amide bonds. The van der Waals surface area contributed by atoms with Crippen LogP contribution in [0.1, 0.15) is 20.1 Å². The van der Waals surface area contributed by atoms with E-state index in [-0.39, 0.29) is 17.0 Å². The van der Waals surface area contributed by atoms with Gasteiger partial charge in [0, 0.05) is 0 Å². The van der Waals surface area contributed by atoms with E-state index in [0.29, 0.717) is 19.0 Å². The van der Waals surface area contributed by atoms with Crippen molar-refractivity contribution in [2.24, 2.45) is 0 Å². The summed E-state index contributed by atoms with van der Waals surface area (Å²) in [6.45, 7) is 0.575. The maximum atomic E-state index is 12.2. The van der Waals surface area contributed by atoms with Gasteiger partial charge in [-0.15, -0.1) is 0 Å². The van der Waals surface area contributed by atoms with Gasteiger partial charge >= 0.3 is 0 Å². The van der Waals surface area contributed by atoms with Gasteiger partial charge < -0.3 is 49.0 Å². The van der Waals surface area contributed by atoms with Crippen molar-refractivity contribution in [1.82, 2.24) is 19.5 Å². The van der Waals surface area contributed by atoms with Crippen molar-refractivity contribution >= 4 is 43.9 Å². The molecule has 5 unspecified atom stereocenters. The summed E-state index contributed by atoms with van der Waals surface area (Å²) in [5.41, 5.74) is 6.30. The predicted octanol–water partition coefficient (Wildman–Crippen LogP) is -2.03. The molecule has 17 heteroatoms. The third-order valence-corrected chi connectivity index (χ3v) is 10.2. The lowest BCUT2D eigenvalue weighted by atomic mass is 10.1. The SMILES string of the molecule is CSc1nc(N)c2ncn(C3OC(COP(=O)([O-])C(C)(C)P(=O)([O-])[O-])C(O)C3O)c2n1. The fourth-order valence-corrected chi connectivity index (χ4v) is 5.17. The third-order valence-electron chi connectivity index (χ3n) is 4.97. The zero-order valence-electron chi connectivity index (χ0n) is 16.5. The summed E-state index contributed by atoms with van der Waals surface area (Å²) in [7, 11) is -10.8. The molecule has 0 aromatic carbocycles. The fourth-order valence-electron chi connectivity index (χ4n) is 2.77. The predicted molar refractivity (Wildman–Crippen MR) is 103 cm³/mol. The first-order chi connectivity index (χ1) is 14.2. The average Bonchev–Trinajstić information content (AvgIpc) is 3.21. The van der Waals surface area contributed by atoms with Crippen molar-refractivity contribution in [3.63, 3.8) is 0 Å². The fraction of sp³-hybridized carbons (Fsp3) is 0.643. The van der Waals surface area contributed by atoms with Crippen molar-refractivity contribution in [3.05, 3.63) is 6.33 Å². The van der Waals surface area contributed by atoms with E-state index in [1.54, 1.807) is 6.26 Å². The van der Waals surface area contributed by atoms with Gasteiger partial charge in [0.1, 0.15) is 31.4 Å². The van der Waals surface area contributed by atoms with E-state index in [1.807, 2.05) is 0 Å². The molecule has 31 heavy (non-hydrogen) atoms. The first-order valence-corrected chi connectivity index (χ1v) is 13.1. The zero-order chi connectivity index (χ0) is 23.4. The maximum Gasteiger partial charge on any atom is 0.191 e. The van der Waals surface area contributed by atoms with Crippen LogP contribution >= 0.6 is 27.0 Å². The van der Waals surface area contributed by atoms with Gasteiger partial charge in [0.2, 0.25) is 0 Å². The van der Waals surface area contributed by atoms with Gasteiger partial charge in [-0.3, -0.25) is 4.57 Å². The van der Waals surface area contributed by atoms with Gasteiger partial charge in [0.25, 0.3) is 0 Å². The minimum absolute atomic E-state index is 0.0928. The molecule has 1 aliphatic heterocycles. The Balaban J connectivity index is 1.83. The first kappa shape index (κ1) is 24.5. The second kappa shape index (κ2) is 8.34. The van der Waals surface area contributed by atoms with Crippen LogP contribution in [0, 0.1) is 0 Å². The van der Waals surface area contributed by atoms with E-state index in [4.69, 9.17) is 15.0 Å². The summed E-state index contributed by atoms with van der Waals surface area (Å²) in [6, 6.07) is 0. The van der Waals surface area contributed by atoms with Crippen LogP contribution in [-0.2, 0) is 18.4 Å². The summed E-state index contributed by atoms with van der Waals surface area (Å²) in [4.78, 5) is 44.5. The van der Waals surface area contributed by atoms with E-state index in [0.717, 1.165) is 0 Å². The topological polar surface area (TPSA) is 232 Å². The lowest BCUT2D eigenvalue weighted by Gasteiger charge is -2.51. The molecule has 1 saturated heterocycles. The normalized spacial score (nSPS) is 27.0. The molecule has 3 heterocycles. The van der Waals surface area contributed by atoms with Crippen LogP contribution in [0.3, 0.4) is 0 Å². The van der Waals surface area contributed by atoms with Gasteiger partial charge in [0.15, 0.2) is 22.8 Å². The molecular formula is C14H20N5O9P2S-3. The third kappa shape index (κ3) is 4.27. The van der Waals surface area contributed by atoms with E-state index in [1.165, 1.54) is 22.7 Å².